The van der Waals surface area contributed by atoms with E-state index in [1.807, 2.05) is 13.8 Å². The Balaban J connectivity index is 2.22. The SMILES string of the molecule is CCCCNC(=O)NC(=O)CSc1n[nH]c(CC)n1. The van der Waals surface area contributed by atoms with Crippen molar-refractivity contribution < 1.29 is 9.59 Å². The molecule has 0 aromatic carbocycles. The van der Waals surface area contributed by atoms with Gasteiger partial charge in [0.05, 0.1) is 5.75 Å². The van der Waals surface area contributed by atoms with E-state index >= 15 is 0 Å². The predicted octanol–water partition coefficient (Wildman–Crippen LogP) is 1.09. The average Bonchev–Trinajstić information content (AvgIpc) is 2.84. The number of nitrogens with one attached hydrogen (secondary N) is 3. The number of unbranched alkanes of at least 4 members (excludes halogenated alkanes) is 1. The number of nitrogens with zero attached hydrogens (tertiary/aromatic N) is 2. The van der Waals surface area contributed by atoms with Gasteiger partial charge in [-0.05, 0) is 6.42 Å². The third-order valence-corrected chi connectivity index (χ3v) is 3.09. The van der Waals surface area contributed by atoms with Crippen LogP contribution in [0.5, 0.6) is 0 Å². The van der Waals surface area contributed by atoms with Crippen LogP contribution in [0.15, 0.2) is 5.16 Å². The molecular weight excluding hydrogens is 266 g/mol. The lowest BCUT2D eigenvalue weighted by atomic mass is 10.3. The molecule has 1 rings (SSSR count). The topological polar surface area (TPSA) is 99.8 Å². The first-order chi connectivity index (χ1) is 9.15. The summed E-state index contributed by atoms with van der Waals surface area (Å²) in [4.78, 5) is 26.9. The highest BCUT2D eigenvalue weighted by Crippen LogP contribution is 2.11. The van der Waals surface area contributed by atoms with Gasteiger partial charge in [0, 0.05) is 13.0 Å². The van der Waals surface area contributed by atoms with E-state index in [1.165, 1.54) is 11.8 Å². The molecule has 0 aliphatic rings. The molecular formula is C11H19N5O2S. The Bertz CT molecular complexity index is 421. The molecule has 0 aliphatic heterocycles. The number of aromatic amines is 1. The summed E-state index contributed by atoms with van der Waals surface area (Å²) < 4.78 is 0. The lowest BCUT2D eigenvalue weighted by Gasteiger charge is -2.04. The fourth-order valence-corrected chi connectivity index (χ4v) is 1.83. The Kier molecular flexibility index (Phi) is 6.94. The maximum absolute atomic E-state index is 11.5. The molecule has 0 fully saturated rings. The zero-order chi connectivity index (χ0) is 14.1. The largest absolute Gasteiger partial charge is 0.338 e. The van der Waals surface area contributed by atoms with Crippen molar-refractivity contribution in [3.8, 4) is 0 Å². The number of aromatic nitrogens is 3. The number of thioether (sulfide) groups is 1. The normalized spacial score (nSPS) is 10.2. The molecule has 1 aromatic rings. The minimum absolute atomic E-state index is 0.113. The Morgan fingerprint density at radius 3 is 2.79 bits per heavy atom. The molecule has 0 spiro atoms. The Morgan fingerprint density at radius 1 is 1.37 bits per heavy atom. The van der Waals surface area contributed by atoms with Gasteiger partial charge in [0.15, 0.2) is 0 Å². The number of urea groups is 1. The van der Waals surface area contributed by atoms with E-state index in [0.717, 1.165) is 25.1 Å². The number of hydrogen-bond acceptors (Lipinski definition) is 5. The van der Waals surface area contributed by atoms with Gasteiger partial charge in [-0.2, -0.15) is 0 Å². The summed E-state index contributed by atoms with van der Waals surface area (Å²) in [5, 5.41) is 12.1. The van der Waals surface area contributed by atoms with Crippen LogP contribution >= 0.6 is 11.8 Å². The van der Waals surface area contributed by atoms with Gasteiger partial charge in [-0.25, -0.2) is 9.78 Å². The van der Waals surface area contributed by atoms with Crippen LogP contribution in [0, 0.1) is 0 Å². The first-order valence-corrected chi connectivity index (χ1v) is 7.26. The van der Waals surface area contributed by atoms with Gasteiger partial charge >= 0.3 is 6.03 Å². The average molecular weight is 285 g/mol. The molecule has 3 amide bonds. The number of hydrogen-bond donors (Lipinski definition) is 3. The lowest BCUT2D eigenvalue weighted by molar-refractivity contribution is -0.117. The number of H-pyrrole nitrogens is 1. The van der Waals surface area contributed by atoms with Crippen LogP contribution in [-0.4, -0.2) is 39.4 Å². The van der Waals surface area contributed by atoms with Crippen molar-refractivity contribution in [2.45, 2.75) is 38.3 Å². The molecule has 19 heavy (non-hydrogen) atoms. The van der Waals surface area contributed by atoms with Crippen LogP contribution in [0.4, 0.5) is 4.79 Å². The van der Waals surface area contributed by atoms with Crippen LogP contribution < -0.4 is 10.6 Å². The first kappa shape index (κ1) is 15.5. The van der Waals surface area contributed by atoms with Crippen molar-refractivity contribution in [2.24, 2.45) is 0 Å². The fraction of sp³-hybridized carbons (Fsp3) is 0.636. The molecule has 1 heterocycles. The second kappa shape index (κ2) is 8.52. The Hall–Kier alpha value is -1.57. The Morgan fingerprint density at radius 2 is 2.16 bits per heavy atom. The van der Waals surface area contributed by atoms with Gasteiger partial charge in [0.1, 0.15) is 5.82 Å². The molecule has 0 saturated carbocycles. The summed E-state index contributed by atoms with van der Waals surface area (Å²) in [7, 11) is 0. The smallest absolute Gasteiger partial charge is 0.321 e. The maximum Gasteiger partial charge on any atom is 0.321 e. The predicted molar refractivity (Wildman–Crippen MR) is 72.9 cm³/mol. The van der Waals surface area contributed by atoms with Crippen LogP contribution in [0.2, 0.25) is 0 Å². The minimum atomic E-state index is -0.455. The van der Waals surface area contributed by atoms with Crippen LogP contribution in [-0.2, 0) is 11.2 Å². The van der Waals surface area contributed by atoms with Gasteiger partial charge < -0.3 is 5.32 Å². The fourth-order valence-electron chi connectivity index (χ4n) is 1.22. The maximum atomic E-state index is 11.5. The second-order valence-corrected chi connectivity index (χ2v) is 4.81. The molecule has 0 unspecified atom stereocenters. The van der Waals surface area contributed by atoms with Crippen LogP contribution in [0.1, 0.15) is 32.5 Å². The number of rotatable bonds is 7. The molecule has 8 heteroatoms. The summed E-state index contributed by atoms with van der Waals surface area (Å²) >= 11 is 1.19. The van der Waals surface area contributed by atoms with Gasteiger partial charge in [-0.3, -0.25) is 15.2 Å². The van der Waals surface area contributed by atoms with Crippen LogP contribution in [0.3, 0.4) is 0 Å². The molecule has 0 radical (unpaired) electrons. The van der Waals surface area contributed by atoms with E-state index in [2.05, 4.69) is 25.8 Å². The van der Waals surface area contributed by atoms with Gasteiger partial charge in [-0.15, -0.1) is 5.10 Å². The van der Waals surface area contributed by atoms with Crippen molar-refractivity contribution in [2.75, 3.05) is 12.3 Å². The lowest BCUT2D eigenvalue weighted by Crippen LogP contribution is -2.40. The summed E-state index contributed by atoms with van der Waals surface area (Å²) in [6, 6.07) is -0.455. The molecule has 0 bridgehead atoms. The Labute approximate surface area is 116 Å². The quantitative estimate of drug-likeness (QED) is 0.514. The van der Waals surface area contributed by atoms with Crippen LogP contribution in [0.25, 0.3) is 0 Å². The standard InChI is InChI=1S/C11H19N5O2S/c1-3-5-6-12-10(18)14-9(17)7-19-11-13-8(4-2)15-16-11/h3-7H2,1-2H3,(H,13,15,16)(H2,12,14,17,18). The molecule has 7 nitrogen and oxygen atoms in total. The molecule has 0 saturated heterocycles. The number of aryl methyl sites for hydroxylation is 1. The number of carbonyl (C=O) groups is 2. The van der Waals surface area contributed by atoms with E-state index in [1.54, 1.807) is 0 Å². The number of amides is 3. The summed E-state index contributed by atoms with van der Waals surface area (Å²) in [6.07, 6.45) is 2.65. The third-order valence-electron chi connectivity index (χ3n) is 2.25. The highest BCUT2D eigenvalue weighted by Gasteiger charge is 2.09. The van der Waals surface area contributed by atoms with Gasteiger partial charge in [-0.1, -0.05) is 32.0 Å². The molecule has 1 aromatic heterocycles. The van der Waals surface area contributed by atoms with Crippen molar-refractivity contribution >= 4 is 23.7 Å². The minimum Gasteiger partial charge on any atom is -0.338 e. The molecule has 0 aliphatic carbocycles. The summed E-state index contributed by atoms with van der Waals surface area (Å²) in [6.45, 7) is 4.56. The molecule has 106 valence electrons. The van der Waals surface area contributed by atoms with E-state index in [-0.39, 0.29) is 11.7 Å². The van der Waals surface area contributed by atoms with Crippen molar-refractivity contribution in [1.82, 2.24) is 25.8 Å². The second-order valence-electron chi connectivity index (χ2n) is 3.86. The summed E-state index contributed by atoms with van der Waals surface area (Å²) in [5.74, 6) is 0.532. The van der Waals surface area contributed by atoms with Crippen molar-refractivity contribution in [1.29, 1.82) is 0 Å². The van der Waals surface area contributed by atoms with Crippen molar-refractivity contribution in [3.05, 3.63) is 5.82 Å². The summed E-state index contributed by atoms with van der Waals surface area (Å²) in [5.41, 5.74) is 0. The third kappa shape index (κ3) is 6.23. The van der Waals surface area contributed by atoms with Crippen molar-refractivity contribution in [3.63, 3.8) is 0 Å². The highest BCUT2D eigenvalue weighted by atomic mass is 32.2. The molecule has 3 N–H and O–H groups in total. The van der Waals surface area contributed by atoms with Gasteiger partial charge in [0.25, 0.3) is 0 Å². The first-order valence-electron chi connectivity index (χ1n) is 6.27. The van der Waals surface area contributed by atoms with E-state index < -0.39 is 6.03 Å². The van der Waals surface area contributed by atoms with E-state index in [4.69, 9.17) is 0 Å². The highest BCUT2D eigenvalue weighted by molar-refractivity contribution is 7.99. The monoisotopic (exact) mass is 285 g/mol. The number of carbonyl (C=O) groups excluding carboxylic acids is 2. The van der Waals surface area contributed by atoms with E-state index in [9.17, 15) is 9.59 Å². The molecule has 0 atom stereocenters. The van der Waals surface area contributed by atoms with Gasteiger partial charge in [0.2, 0.25) is 11.1 Å². The zero-order valence-electron chi connectivity index (χ0n) is 11.2. The van der Waals surface area contributed by atoms with E-state index in [0.29, 0.717) is 11.7 Å². The number of imide groups is 1. The zero-order valence-corrected chi connectivity index (χ0v) is 12.0.